The second-order valence-electron chi connectivity index (χ2n) is 7.01. The molecule has 2 heterocycles. The first-order valence-corrected chi connectivity index (χ1v) is 9.22. The Morgan fingerprint density at radius 3 is 2.81 bits per heavy atom. The molecule has 1 atom stereocenters. The molecule has 1 aliphatic rings. The molecular weight excluding hydrogens is 328 g/mol. The SMILES string of the molecule is Cc1nn(-c2ccccc2)c(C)c1CN(C)CC(=O)NCC1CCCO1. The molecule has 1 N–H and O–H groups in total. The molecule has 1 aromatic heterocycles. The predicted molar refractivity (Wildman–Crippen MR) is 101 cm³/mol. The lowest BCUT2D eigenvalue weighted by Crippen LogP contribution is -2.38. The molecule has 140 valence electrons. The van der Waals surface area contributed by atoms with E-state index in [4.69, 9.17) is 4.74 Å². The average Bonchev–Trinajstić information content (AvgIpc) is 3.24. The molecule has 1 amide bonds. The third kappa shape index (κ3) is 4.51. The zero-order valence-corrected chi connectivity index (χ0v) is 15.9. The summed E-state index contributed by atoms with van der Waals surface area (Å²) in [7, 11) is 1.96. The molecule has 2 aromatic rings. The summed E-state index contributed by atoms with van der Waals surface area (Å²) in [5.41, 5.74) is 4.33. The summed E-state index contributed by atoms with van der Waals surface area (Å²) in [6, 6.07) is 10.1. The van der Waals surface area contributed by atoms with E-state index >= 15 is 0 Å². The van der Waals surface area contributed by atoms with Crippen molar-refractivity contribution in [1.82, 2.24) is 20.0 Å². The van der Waals surface area contributed by atoms with Gasteiger partial charge >= 0.3 is 0 Å². The quantitative estimate of drug-likeness (QED) is 0.826. The van der Waals surface area contributed by atoms with Crippen molar-refractivity contribution in [1.29, 1.82) is 0 Å². The van der Waals surface area contributed by atoms with Gasteiger partial charge in [-0.1, -0.05) is 18.2 Å². The van der Waals surface area contributed by atoms with Gasteiger partial charge in [-0.05, 0) is 45.9 Å². The van der Waals surface area contributed by atoms with E-state index in [0.717, 1.165) is 36.5 Å². The number of carbonyl (C=O) groups is 1. The minimum Gasteiger partial charge on any atom is -0.376 e. The lowest BCUT2D eigenvalue weighted by Gasteiger charge is -2.18. The van der Waals surface area contributed by atoms with Crippen molar-refractivity contribution in [2.45, 2.75) is 39.3 Å². The lowest BCUT2D eigenvalue weighted by atomic mass is 10.2. The Morgan fingerprint density at radius 1 is 1.35 bits per heavy atom. The summed E-state index contributed by atoms with van der Waals surface area (Å²) in [6.07, 6.45) is 2.30. The molecule has 0 radical (unpaired) electrons. The van der Waals surface area contributed by atoms with E-state index in [-0.39, 0.29) is 12.0 Å². The molecule has 1 fully saturated rings. The zero-order chi connectivity index (χ0) is 18.5. The molecule has 0 bridgehead atoms. The average molecular weight is 356 g/mol. The zero-order valence-electron chi connectivity index (χ0n) is 15.9. The van der Waals surface area contributed by atoms with Gasteiger partial charge in [-0.15, -0.1) is 0 Å². The van der Waals surface area contributed by atoms with E-state index in [0.29, 0.717) is 19.6 Å². The molecule has 1 aromatic carbocycles. The minimum absolute atomic E-state index is 0.0359. The van der Waals surface area contributed by atoms with Crippen LogP contribution in [0.5, 0.6) is 0 Å². The molecule has 0 saturated carbocycles. The lowest BCUT2D eigenvalue weighted by molar-refractivity contribution is -0.122. The van der Waals surface area contributed by atoms with Crippen LogP contribution in [0, 0.1) is 13.8 Å². The topological polar surface area (TPSA) is 59.4 Å². The van der Waals surface area contributed by atoms with Crippen LogP contribution < -0.4 is 5.32 Å². The van der Waals surface area contributed by atoms with Crippen LogP contribution in [0.2, 0.25) is 0 Å². The van der Waals surface area contributed by atoms with Gasteiger partial charge in [0, 0.05) is 31.0 Å². The number of rotatable bonds is 7. The van der Waals surface area contributed by atoms with Gasteiger partial charge in [0.25, 0.3) is 0 Å². The van der Waals surface area contributed by atoms with Crippen LogP contribution >= 0.6 is 0 Å². The van der Waals surface area contributed by atoms with Crippen LogP contribution in [-0.4, -0.2) is 53.4 Å². The monoisotopic (exact) mass is 356 g/mol. The molecule has 0 aliphatic carbocycles. The van der Waals surface area contributed by atoms with E-state index in [2.05, 4.69) is 17.3 Å². The first-order valence-electron chi connectivity index (χ1n) is 9.22. The number of aryl methyl sites for hydroxylation is 1. The highest BCUT2D eigenvalue weighted by molar-refractivity contribution is 5.78. The molecule has 6 heteroatoms. The van der Waals surface area contributed by atoms with Crippen LogP contribution in [0.25, 0.3) is 5.69 Å². The van der Waals surface area contributed by atoms with Gasteiger partial charge in [-0.25, -0.2) is 4.68 Å². The third-order valence-corrected chi connectivity index (χ3v) is 4.83. The number of hydrogen-bond donors (Lipinski definition) is 1. The summed E-state index contributed by atoms with van der Waals surface area (Å²) in [5, 5.41) is 7.65. The van der Waals surface area contributed by atoms with Gasteiger partial charge < -0.3 is 10.1 Å². The summed E-state index contributed by atoms with van der Waals surface area (Å²) in [6.45, 7) is 6.57. The number of amides is 1. The highest BCUT2D eigenvalue weighted by Gasteiger charge is 2.18. The van der Waals surface area contributed by atoms with E-state index < -0.39 is 0 Å². The number of aromatic nitrogens is 2. The molecule has 6 nitrogen and oxygen atoms in total. The Bertz CT molecular complexity index is 736. The Morgan fingerprint density at radius 2 is 2.12 bits per heavy atom. The first-order chi connectivity index (χ1) is 12.5. The van der Waals surface area contributed by atoms with Crippen molar-refractivity contribution in [3.63, 3.8) is 0 Å². The number of benzene rings is 1. The third-order valence-electron chi connectivity index (χ3n) is 4.83. The number of carbonyl (C=O) groups excluding carboxylic acids is 1. The molecule has 1 saturated heterocycles. The van der Waals surface area contributed by atoms with Gasteiger partial charge in [0.1, 0.15) is 0 Å². The van der Waals surface area contributed by atoms with Crippen LogP contribution in [0.3, 0.4) is 0 Å². The largest absolute Gasteiger partial charge is 0.376 e. The normalized spacial score (nSPS) is 17.0. The van der Waals surface area contributed by atoms with Crippen LogP contribution in [0.1, 0.15) is 29.8 Å². The number of hydrogen-bond acceptors (Lipinski definition) is 4. The maximum atomic E-state index is 12.2. The van der Waals surface area contributed by atoms with Gasteiger partial charge in [0.2, 0.25) is 5.91 Å². The molecule has 3 rings (SSSR count). The molecular formula is C20H28N4O2. The van der Waals surface area contributed by atoms with Crippen molar-refractivity contribution in [3.8, 4) is 5.69 Å². The van der Waals surface area contributed by atoms with Gasteiger partial charge in [0.15, 0.2) is 0 Å². The second-order valence-corrected chi connectivity index (χ2v) is 7.01. The van der Waals surface area contributed by atoms with Crippen LogP contribution in [0.4, 0.5) is 0 Å². The van der Waals surface area contributed by atoms with E-state index in [1.807, 2.05) is 53.9 Å². The van der Waals surface area contributed by atoms with Crippen molar-refractivity contribution in [3.05, 3.63) is 47.3 Å². The van der Waals surface area contributed by atoms with E-state index in [9.17, 15) is 4.79 Å². The number of para-hydroxylation sites is 1. The Balaban J connectivity index is 1.58. The number of ether oxygens (including phenoxy) is 1. The van der Waals surface area contributed by atoms with E-state index in [1.165, 1.54) is 5.56 Å². The van der Waals surface area contributed by atoms with Gasteiger partial charge in [0.05, 0.1) is 24.0 Å². The van der Waals surface area contributed by atoms with Crippen LogP contribution in [0.15, 0.2) is 30.3 Å². The van der Waals surface area contributed by atoms with Gasteiger partial charge in [-0.2, -0.15) is 5.10 Å². The maximum absolute atomic E-state index is 12.2. The molecule has 1 unspecified atom stereocenters. The van der Waals surface area contributed by atoms with Crippen molar-refractivity contribution in [2.24, 2.45) is 0 Å². The Hall–Kier alpha value is -2.18. The summed E-state index contributed by atoms with van der Waals surface area (Å²) < 4.78 is 7.51. The standard InChI is InChI=1S/C20H28N4O2/c1-15-19(16(2)24(22-15)17-8-5-4-6-9-17)13-23(3)14-20(25)21-12-18-10-7-11-26-18/h4-6,8-9,18H,7,10-14H2,1-3H3,(H,21,25). The van der Waals surface area contributed by atoms with Crippen molar-refractivity contribution < 1.29 is 9.53 Å². The molecule has 26 heavy (non-hydrogen) atoms. The summed E-state index contributed by atoms with van der Waals surface area (Å²) in [4.78, 5) is 14.2. The summed E-state index contributed by atoms with van der Waals surface area (Å²) >= 11 is 0. The second kappa shape index (κ2) is 8.47. The highest BCUT2D eigenvalue weighted by Crippen LogP contribution is 2.19. The van der Waals surface area contributed by atoms with Gasteiger partial charge in [-0.3, -0.25) is 9.69 Å². The Kier molecular flexibility index (Phi) is 6.06. The maximum Gasteiger partial charge on any atom is 0.234 e. The first kappa shape index (κ1) is 18.6. The van der Waals surface area contributed by atoms with E-state index in [1.54, 1.807) is 0 Å². The highest BCUT2D eigenvalue weighted by atomic mass is 16.5. The van der Waals surface area contributed by atoms with Crippen molar-refractivity contribution >= 4 is 5.91 Å². The van der Waals surface area contributed by atoms with Crippen molar-refractivity contribution in [2.75, 3.05) is 26.7 Å². The predicted octanol–water partition coefficient (Wildman–Crippen LogP) is 2.22. The molecule has 1 aliphatic heterocycles. The summed E-state index contributed by atoms with van der Waals surface area (Å²) in [5.74, 6) is 0.0359. The fraction of sp³-hybridized carbons (Fsp3) is 0.500. The minimum atomic E-state index is 0.0359. The van der Waals surface area contributed by atoms with Crippen LogP contribution in [-0.2, 0) is 16.1 Å². The smallest absolute Gasteiger partial charge is 0.234 e. The number of likely N-dealkylation sites (N-methyl/N-ethyl adjacent to an activating group) is 1. The Labute approximate surface area is 155 Å². The number of nitrogens with zero attached hydrogens (tertiary/aromatic N) is 3. The number of nitrogens with one attached hydrogen (secondary N) is 1. The fourth-order valence-corrected chi connectivity index (χ4v) is 3.38. The fourth-order valence-electron chi connectivity index (χ4n) is 3.38. The molecule has 0 spiro atoms.